The van der Waals surface area contributed by atoms with Crippen LogP contribution in [0, 0.1) is 5.82 Å². The van der Waals surface area contributed by atoms with Gasteiger partial charge in [-0.2, -0.15) is 0 Å². The van der Waals surface area contributed by atoms with Crippen LogP contribution >= 0.6 is 0 Å². The van der Waals surface area contributed by atoms with E-state index in [-0.39, 0.29) is 16.8 Å². The molecule has 0 saturated heterocycles. The number of amides is 1. The Morgan fingerprint density at radius 2 is 2.21 bits per heavy atom. The summed E-state index contributed by atoms with van der Waals surface area (Å²) in [6, 6.07) is 2.73. The van der Waals surface area contributed by atoms with E-state index in [9.17, 15) is 9.18 Å². The fourth-order valence-electron chi connectivity index (χ4n) is 3.57. The maximum absolute atomic E-state index is 13.6. The van der Waals surface area contributed by atoms with Crippen LogP contribution in [0.1, 0.15) is 49.0 Å². The summed E-state index contributed by atoms with van der Waals surface area (Å²) < 4.78 is 13.6. The smallest absolute Gasteiger partial charge is 0.273 e. The van der Waals surface area contributed by atoms with Gasteiger partial charge in [-0.1, -0.05) is 0 Å². The van der Waals surface area contributed by atoms with E-state index in [1.54, 1.807) is 0 Å². The number of rotatable bonds is 2. The van der Waals surface area contributed by atoms with Crippen LogP contribution in [0.2, 0.25) is 0 Å². The van der Waals surface area contributed by atoms with Crippen molar-refractivity contribution in [3.63, 3.8) is 0 Å². The lowest BCUT2D eigenvalue weighted by Crippen LogP contribution is -2.52. The van der Waals surface area contributed by atoms with Crippen LogP contribution in [0.15, 0.2) is 18.3 Å². The summed E-state index contributed by atoms with van der Waals surface area (Å²) >= 11 is 0. The molecule has 1 amide bonds. The Morgan fingerprint density at radius 1 is 1.37 bits per heavy atom. The highest BCUT2D eigenvalue weighted by Crippen LogP contribution is 2.46. The largest absolute Gasteiger partial charge is 0.345 e. The van der Waals surface area contributed by atoms with Gasteiger partial charge in [-0.3, -0.25) is 4.79 Å². The lowest BCUT2D eigenvalue weighted by molar-refractivity contribution is 0.0867. The molecule has 0 aromatic carbocycles. The van der Waals surface area contributed by atoms with Gasteiger partial charge in [0.15, 0.2) is 11.5 Å². The summed E-state index contributed by atoms with van der Waals surface area (Å²) in [5, 5.41) is 2.98. The van der Waals surface area contributed by atoms with Crippen LogP contribution in [-0.2, 0) is 0 Å². The summed E-state index contributed by atoms with van der Waals surface area (Å²) in [5.41, 5.74) is 5.76. The molecule has 1 heterocycles. The number of halogens is 1. The van der Waals surface area contributed by atoms with E-state index in [1.165, 1.54) is 18.3 Å². The van der Waals surface area contributed by atoms with E-state index in [1.807, 2.05) is 0 Å². The summed E-state index contributed by atoms with van der Waals surface area (Å²) in [7, 11) is 0. The Labute approximate surface area is 111 Å². The molecule has 2 saturated carbocycles. The van der Waals surface area contributed by atoms with E-state index in [0.717, 1.165) is 38.5 Å². The van der Waals surface area contributed by atoms with Crippen molar-refractivity contribution >= 4 is 5.91 Å². The number of aromatic nitrogens is 1. The van der Waals surface area contributed by atoms with Crippen molar-refractivity contribution in [1.29, 1.82) is 0 Å². The van der Waals surface area contributed by atoms with Gasteiger partial charge in [-0.05, 0) is 50.7 Å². The van der Waals surface area contributed by atoms with Crippen molar-refractivity contribution in [2.24, 2.45) is 5.73 Å². The third kappa shape index (κ3) is 2.23. The quantitative estimate of drug-likeness (QED) is 0.854. The standard InChI is InChI=1S/C14H18FN3O/c15-10-3-1-8-17-11(10)12(19)18-14-5-2-4-13(16,9-14)6-7-14/h1,3,8H,2,4-7,9,16H2,(H,18,19). The van der Waals surface area contributed by atoms with Gasteiger partial charge in [-0.25, -0.2) is 9.37 Å². The Morgan fingerprint density at radius 3 is 3.00 bits per heavy atom. The first kappa shape index (κ1) is 12.5. The topological polar surface area (TPSA) is 68.0 Å². The zero-order valence-corrected chi connectivity index (χ0v) is 10.8. The highest BCUT2D eigenvalue weighted by molar-refractivity contribution is 5.93. The molecule has 19 heavy (non-hydrogen) atoms. The maximum atomic E-state index is 13.6. The van der Waals surface area contributed by atoms with Crippen LogP contribution in [0.5, 0.6) is 0 Å². The summed E-state index contributed by atoms with van der Waals surface area (Å²) in [5.74, 6) is -1.01. The minimum absolute atomic E-state index is 0.128. The molecule has 4 nitrogen and oxygen atoms in total. The molecule has 1 aromatic heterocycles. The molecule has 0 spiro atoms. The van der Waals surface area contributed by atoms with Crippen molar-refractivity contribution in [2.75, 3.05) is 0 Å². The lowest BCUT2D eigenvalue weighted by Gasteiger charge is -2.37. The second kappa shape index (κ2) is 4.27. The second-order valence-corrected chi connectivity index (χ2v) is 5.96. The van der Waals surface area contributed by atoms with Crippen LogP contribution in [0.4, 0.5) is 4.39 Å². The number of nitrogens with one attached hydrogen (secondary N) is 1. The zero-order chi connectivity index (χ0) is 13.5. The number of pyridine rings is 1. The Hall–Kier alpha value is -1.49. The second-order valence-electron chi connectivity index (χ2n) is 5.96. The molecule has 0 aliphatic heterocycles. The van der Waals surface area contributed by atoms with Gasteiger partial charge in [0.05, 0.1) is 0 Å². The molecule has 3 N–H and O–H groups in total. The van der Waals surface area contributed by atoms with E-state index < -0.39 is 11.7 Å². The summed E-state index contributed by atoms with van der Waals surface area (Å²) in [6.07, 6.45) is 6.98. The van der Waals surface area contributed by atoms with Crippen molar-refractivity contribution in [3.8, 4) is 0 Å². The Bertz CT molecular complexity index is 521. The lowest BCUT2D eigenvalue weighted by atomic mass is 9.79. The normalized spacial score (nSPS) is 33.2. The minimum atomic E-state index is -0.579. The number of hydrogen-bond donors (Lipinski definition) is 2. The molecular weight excluding hydrogens is 245 g/mol. The number of hydrogen-bond acceptors (Lipinski definition) is 3. The van der Waals surface area contributed by atoms with Crippen molar-refractivity contribution in [1.82, 2.24) is 10.3 Å². The van der Waals surface area contributed by atoms with E-state index >= 15 is 0 Å². The van der Waals surface area contributed by atoms with Gasteiger partial charge < -0.3 is 11.1 Å². The first-order valence-corrected chi connectivity index (χ1v) is 6.74. The van der Waals surface area contributed by atoms with Crippen molar-refractivity contribution < 1.29 is 9.18 Å². The average molecular weight is 263 g/mol. The van der Waals surface area contributed by atoms with Gasteiger partial charge in [-0.15, -0.1) is 0 Å². The van der Waals surface area contributed by atoms with Crippen molar-refractivity contribution in [3.05, 3.63) is 29.8 Å². The highest BCUT2D eigenvalue weighted by Gasteiger charge is 2.49. The monoisotopic (exact) mass is 263 g/mol. The van der Waals surface area contributed by atoms with Crippen LogP contribution < -0.4 is 11.1 Å². The van der Waals surface area contributed by atoms with E-state index in [2.05, 4.69) is 10.3 Å². The number of fused-ring (bicyclic) bond motifs is 2. The van der Waals surface area contributed by atoms with Gasteiger partial charge in [0, 0.05) is 17.3 Å². The van der Waals surface area contributed by atoms with E-state index in [4.69, 9.17) is 5.73 Å². The van der Waals surface area contributed by atoms with E-state index in [0.29, 0.717) is 0 Å². The van der Waals surface area contributed by atoms with Gasteiger partial charge >= 0.3 is 0 Å². The first-order chi connectivity index (χ1) is 9.02. The molecule has 5 heteroatoms. The number of nitrogens with two attached hydrogens (primary N) is 1. The number of carbonyl (C=O) groups excluding carboxylic acids is 1. The zero-order valence-electron chi connectivity index (χ0n) is 10.8. The Kier molecular flexibility index (Phi) is 2.82. The average Bonchev–Trinajstić information content (AvgIpc) is 2.59. The molecule has 0 radical (unpaired) electrons. The molecular formula is C14H18FN3O. The predicted octanol–water partition coefficient (Wildman–Crippen LogP) is 1.75. The fraction of sp³-hybridized carbons (Fsp3) is 0.571. The number of carbonyl (C=O) groups is 1. The van der Waals surface area contributed by atoms with Gasteiger partial charge in [0.2, 0.25) is 0 Å². The highest BCUT2D eigenvalue weighted by atomic mass is 19.1. The SMILES string of the molecule is NC12CCCC(NC(=O)c3ncccc3F)(CC1)C2. The van der Waals surface area contributed by atoms with Crippen LogP contribution in [-0.4, -0.2) is 22.0 Å². The number of nitrogens with zero attached hydrogens (tertiary/aromatic N) is 1. The third-order valence-corrected chi connectivity index (χ3v) is 4.47. The fourth-order valence-corrected chi connectivity index (χ4v) is 3.57. The molecule has 2 atom stereocenters. The molecule has 2 aliphatic carbocycles. The summed E-state index contributed by atoms with van der Waals surface area (Å²) in [4.78, 5) is 16.0. The van der Waals surface area contributed by atoms with Crippen molar-refractivity contribution in [2.45, 2.75) is 49.6 Å². The molecule has 2 aliphatic rings. The predicted molar refractivity (Wildman–Crippen MR) is 69.0 cm³/mol. The third-order valence-electron chi connectivity index (χ3n) is 4.47. The molecule has 3 rings (SSSR count). The molecule has 2 fully saturated rings. The summed E-state index contributed by atoms with van der Waals surface area (Å²) in [6.45, 7) is 0. The van der Waals surface area contributed by atoms with Crippen LogP contribution in [0.25, 0.3) is 0 Å². The molecule has 2 unspecified atom stereocenters. The maximum Gasteiger partial charge on any atom is 0.273 e. The Balaban J connectivity index is 1.79. The van der Waals surface area contributed by atoms with Crippen LogP contribution in [0.3, 0.4) is 0 Å². The van der Waals surface area contributed by atoms with Gasteiger partial charge in [0.25, 0.3) is 5.91 Å². The first-order valence-electron chi connectivity index (χ1n) is 6.74. The molecule has 102 valence electrons. The van der Waals surface area contributed by atoms with Gasteiger partial charge in [0.1, 0.15) is 0 Å². The minimum Gasteiger partial charge on any atom is -0.345 e. The molecule has 1 aromatic rings. The molecule has 2 bridgehead atoms.